The zero-order chi connectivity index (χ0) is 13.9. The Kier molecular flexibility index (Phi) is 4.51. The van der Waals surface area contributed by atoms with Crippen molar-refractivity contribution < 1.29 is 4.79 Å². The van der Waals surface area contributed by atoms with Gasteiger partial charge in [-0.2, -0.15) is 5.10 Å². The number of carbonyl (C=O) groups is 1. The van der Waals surface area contributed by atoms with Crippen LogP contribution in [0.5, 0.6) is 0 Å². The summed E-state index contributed by atoms with van der Waals surface area (Å²) in [6.45, 7) is 9.39. The molecular weight excluding hydrogens is 228 g/mol. The Bertz CT molecular complexity index is 417. The number of nitrogens with zero attached hydrogens (tertiary/aromatic N) is 2. The molecule has 1 amide bonds. The van der Waals surface area contributed by atoms with Gasteiger partial charge in [0, 0.05) is 19.0 Å². The Morgan fingerprint density at radius 1 is 1.56 bits per heavy atom. The van der Waals surface area contributed by atoms with Crippen molar-refractivity contribution in [3.05, 3.63) is 17.5 Å². The molecule has 1 atom stereocenters. The van der Waals surface area contributed by atoms with E-state index in [1.807, 2.05) is 13.0 Å². The monoisotopic (exact) mass is 252 g/mol. The molecule has 1 aromatic heterocycles. The number of hydrogen-bond acceptors (Lipinski definition) is 3. The molecule has 0 aliphatic heterocycles. The first-order valence-electron chi connectivity index (χ1n) is 6.28. The molecule has 1 rings (SSSR count). The third-order valence-corrected chi connectivity index (χ3v) is 2.89. The predicted molar refractivity (Wildman–Crippen MR) is 72.5 cm³/mol. The van der Waals surface area contributed by atoms with Gasteiger partial charge in [0.2, 0.25) is 0 Å². The van der Waals surface area contributed by atoms with Crippen molar-refractivity contribution >= 4 is 5.91 Å². The fourth-order valence-electron chi connectivity index (χ4n) is 1.49. The van der Waals surface area contributed by atoms with Crippen LogP contribution >= 0.6 is 0 Å². The first kappa shape index (κ1) is 14.7. The standard InChI is InChI=1S/C13H24N4O/c1-9(7-14)8-15-12(18)10-6-11(13(2,3)4)16-17(10)5/h6,9H,7-8,14H2,1-5H3,(H,15,18). The Labute approximate surface area is 109 Å². The molecule has 0 aromatic carbocycles. The van der Waals surface area contributed by atoms with Crippen LogP contribution in [0, 0.1) is 5.92 Å². The number of aryl methyl sites for hydroxylation is 1. The lowest BCUT2D eigenvalue weighted by atomic mass is 9.92. The van der Waals surface area contributed by atoms with Crippen molar-refractivity contribution in [3.63, 3.8) is 0 Å². The van der Waals surface area contributed by atoms with Crippen molar-refractivity contribution in [2.45, 2.75) is 33.1 Å². The topological polar surface area (TPSA) is 72.9 Å². The second-order valence-electron chi connectivity index (χ2n) is 5.84. The summed E-state index contributed by atoms with van der Waals surface area (Å²) < 4.78 is 1.63. The lowest BCUT2D eigenvalue weighted by molar-refractivity contribution is 0.0939. The first-order valence-corrected chi connectivity index (χ1v) is 6.28. The number of amides is 1. The fourth-order valence-corrected chi connectivity index (χ4v) is 1.49. The number of carbonyl (C=O) groups excluding carboxylic acids is 1. The molecule has 0 spiro atoms. The van der Waals surface area contributed by atoms with Crippen LogP contribution in [0.15, 0.2) is 6.07 Å². The number of nitrogens with one attached hydrogen (secondary N) is 1. The van der Waals surface area contributed by atoms with Crippen LogP contribution in [0.1, 0.15) is 43.9 Å². The highest BCUT2D eigenvalue weighted by Gasteiger charge is 2.21. The summed E-state index contributed by atoms with van der Waals surface area (Å²) in [6, 6.07) is 1.85. The Balaban J connectivity index is 2.78. The van der Waals surface area contributed by atoms with Gasteiger partial charge in [0.1, 0.15) is 5.69 Å². The van der Waals surface area contributed by atoms with Crippen molar-refractivity contribution in [1.29, 1.82) is 0 Å². The summed E-state index contributed by atoms with van der Waals surface area (Å²) in [5, 5.41) is 7.26. The molecule has 1 unspecified atom stereocenters. The average Bonchev–Trinajstić information content (AvgIpc) is 2.67. The molecule has 5 nitrogen and oxygen atoms in total. The van der Waals surface area contributed by atoms with Crippen LogP contribution in [-0.4, -0.2) is 28.8 Å². The molecule has 0 bridgehead atoms. The van der Waals surface area contributed by atoms with Crippen molar-refractivity contribution in [3.8, 4) is 0 Å². The summed E-state index contributed by atoms with van der Waals surface area (Å²) in [7, 11) is 1.79. The molecule has 0 radical (unpaired) electrons. The highest BCUT2D eigenvalue weighted by atomic mass is 16.2. The maximum Gasteiger partial charge on any atom is 0.269 e. The molecule has 0 aliphatic rings. The average molecular weight is 252 g/mol. The van der Waals surface area contributed by atoms with E-state index in [9.17, 15) is 4.79 Å². The normalized spacial score (nSPS) is 13.4. The quantitative estimate of drug-likeness (QED) is 0.841. The van der Waals surface area contributed by atoms with E-state index in [2.05, 4.69) is 31.2 Å². The zero-order valence-electron chi connectivity index (χ0n) is 11.9. The highest BCUT2D eigenvalue weighted by molar-refractivity contribution is 5.92. The smallest absolute Gasteiger partial charge is 0.269 e. The van der Waals surface area contributed by atoms with Gasteiger partial charge in [-0.1, -0.05) is 27.7 Å². The van der Waals surface area contributed by atoms with Crippen LogP contribution in [0.4, 0.5) is 0 Å². The van der Waals surface area contributed by atoms with Crippen LogP contribution < -0.4 is 11.1 Å². The highest BCUT2D eigenvalue weighted by Crippen LogP contribution is 2.21. The number of hydrogen-bond donors (Lipinski definition) is 2. The molecule has 5 heteroatoms. The first-order chi connectivity index (χ1) is 8.25. The second kappa shape index (κ2) is 5.52. The van der Waals surface area contributed by atoms with Gasteiger partial charge in [-0.3, -0.25) is 9.48 Å². The number of rotatable bonds is 4. The summed E-state index contributed by atoms with van der Waals surface area (Å²) in [5.41, 5.74) is 6.97. The van der Waals surface area contributed by atoms with Crippen LogP contribution in [0.2, 0.25) is 0 Å². The maximum atomic E-state index is 12.0. The second-order valence-corrected chi connectivity index (χ2v) is 5.84. The molecular formula is C13H24N4O. The molecule has 0 saturated carbocycles. The molecule has 0 saturated heterocycles. The minimum atomic E-state index is -0.0965. The largest absolute Gasteiger partial charge is 0.350 e. The van der Waals surface area contributed by atoms with Gasteiger partial charge in [0.05, 0.1) is 5.69 Å². The van der Waals surface area contributed by atoms with Gasteiger partial charge in [-0.15, -0.1) is 0 Å². The maximum absolute atomic E-state index is 12.0. The predicted octanol–water partition coefficient (Wildman–Crippen LogP) is 1.04. The molecule has 1 aromatic rings. The van der Waals surface area contributed by atoms with E-state index >= 15 is 0 Å². The lowest BCUT2D eigenvalue weighted by Gasteiger charge is -2.13. The van der Waals surface area contributed by atoms with E-state index in [1.165, 1.54) is 0 Å². The Morgan fingerprint density at radius 3 is 2.61 bits per heavy atom. The van der Waals surface area contributed by atoms with Gasteiger partial charge >= 0.3 is 0 Å². The zero-order valence-corrected chi connectivity index (χ0v) is 11.9. The van der Waals surface area contributed by atoms with Crippen molar-refractivity contribution in [2.75, 3.05) is 13.1 Å². The number of nitrogens with two attached hydrogens (primary N) is 1. The Hall–Kier alpha value is -1.36. The number of aromatic nitrogens is 2. The van der Waals surface area contributed by atoms with Crippen molar-refractivity contribution in [2.24, 2.45) is 18.7 Å². The third-order valence-electron chi connectivity index (χ3n) is 2.89. The van der Waals surface area contributed by atoms with Gasteiger partial charge in [-0.25, -0.2) is 0 Å². The van der Waals surface area contributed by atoms with Crippen LogP contribution in [0.3, 0.4) is 0 Å². The minimum Gasteiger partial charge on any atom is -0.350 e. The van der Waals surface area contributed by atoms with Gasteiger partial charge < -0.3 is 11.1 Å². The van der Waals surface area contributed by atoms with E-state index in [0.717, 1.165) is 5.69 Å². The van der Waals surface area contributed by atoms with E-state index in [-0.39, 0.29) is 17.2 Å². The third kappa shape index (κ3) is 3.57. The molecule has 0 fully saturated rings. The van der Waals surface area contributed by atoms with E-state index < -0.39 is 0 Å². The summed E-state index contributed by atoms with van der Waals surface area (Å²) >= 11 is 0. The van der Waals surface area contributed by atoms with Gasteiger partial charge in [0.15, 0.2) is 0 Å². The van der Waals surface area contributed by atoms with Crippen molar-refractivity contribution in [1.82, 2.24) is 15.1 Å². The van der Waals surface area contributed by atoms with Gasteiger partial charge in [-0.05, 0) is 18.5 Å². The molecule has 3 N–H and O–H groups in total. The fraction of sp³-hybridized carbons (Fsp3) is 0.692. The van der Waals surface area contributed by atoms with Crippen LogP contribution in [0.25, 0.3) is 0 Å². The van der Waals surface area contributed by atoms with E-state index in [4.69, 9.17) is 5.73 Å². The minimum absolute atomic E-state index is 0.0547. The summed E-state index contributed by atoms with van der Waals surface area (Å²) in [5.74, 6) is 0.185. The summed E-state index contributed by atoms with van der Waals surface area (Å²) in [6.07, 6.45) is 0. The SMILES string of the molecule is CC(CN)CNC(=O)c1cc(C(C)(C)C)nn1C. The van der Waals surface area contributed by atoms with E-state index in [1.54, 1.807) is 11.7 Å². The van der Waals surface area contributed by atoms with Crippen LogP contribution in [-0.2, 0) is 12.5 Å². The summed E-state index contributed by atoms with van der Waals surface area (Å²) in [4.78, 5) is 12.0. The molecule has 102 valence electrons. The van der Waals surface area contributed by atoms with E-state index in [0.29, 0.717) is 18.8 Å². The molecule has 0 aliphatic carbocycles. The van der Waals surface area contributed by atoms with Gasteiger partial charge in [0.25, 0.3) is 5.91 Å². The lowest BCUT2D eigenvalue weighted by Crippen LogP contribution is -2.32. The molecule has 1 heterocycles. The Morgan fingerprint density at radius 2 is 2.17 bits per heavy atom. The molecule has 18 heavy (non-hydrogen) atoms.